The van der Waals surface area contributed by atoms with Crippen LogP contribution in [0.4, 0.5) is 19.0 Å². The number of hydrogen-bond acceptors (Lipinski definition) is 4. The summed E-state index contributed by atoms with van der Waals surface area (Å²) in [6.45, 7) is 2.85. The summed E-state index contributed by atoms with van der Waals surface area (Å²) >= 11 is 0. The Morgan fingerprint density at radius 1 is 1.23 bits per heavy atom. The third-order valence-corrected chi connectivity index (χ3v) is 5.20. The minimum absolute atomic E-state index is 0.181. The zero-order chi connectivity index (χ0) is 22.6. The molecule has 0 spiro atoms. The van der Waals surface area contributed by atoms with Gasteiger partial charge in [0.15, 0.2) is 0 Å². The normalized spacial score (nSPS) is 14.9. The van der Waals surface area contributed by atoms with Crippen molar-refractivity contribution in [3.8, 4) is 6.07 Å². The van der Waals surface area contributed by atoms with Crippen molar-refractivity contribution in [3.05, 3.63) is 47.2 Å². The van der Waals surface area contributed by atoms with Gasteiger partial charge in [-0.2, -0.15) is 23.5 Å². The maximum Gasteiger partial charge on any atom is 0.416 e. The summed E-state index contributed by atoms with van der Waals surface area (Å²) in [4.78, 5) is 26.8. The molecule has 10 heteroatoms. The van der Waals surface area contributed by atoms with E-state index in [1.165, 1.54) is 12.1 Å². The summed E-state index contributed by atoms with van der Waals surface area (Å²) in [5, 5.41) is 15.9. The van der Waals surface area contributed by atoms with E-state index < -0.39 is 11.7 Å². The average molecular weight is 433 g/mol. The third kappa shape index (κ3) is 5.42. The van der Waals surface area contributed by atoms with Crippen LogP contribution < -0.4 is 5.32 Å². The van der Waals surface area contributed by atoms with Crippen LogP contribution in [0.5, 0.6) is 0 Å². The van der Waals surface area contributed by atoms with Crippen molar-refractivity contribution in [2.24, 2.45) is 5.92 Å². The van der Waals surface area contributed by atoms with Crippen LogP contribution in [0.3, 0.4) is 0 Å². The molecule has 2 amide bonds. The first-order chi connectivity index (χ1) is 14.7. The van der Waals surface area contributed by atoms with Crippen LogP contribution >= 0.6 is 0 Å². The Balaban J connectivity index is 1.56. The molecule has 1 aromatic heterocycles. The summed E-state index contributed by atoms with van der Waals surface area (Å²) in [7, 11) is 0. The monoisotopic (exact) mass is 433 g/mol. The summed E-state index contributed by atoms with van der Waals surface area (Å²) in [6, 6.07) is 7.91. The van der Waals surface area contributed by atoms with Crippen molar-refractivity contribution in [2.75, 3.05) is 18.4 Å². The van der Waals surface area contributed by atoms with Gasteiger partial charge in [0, 0.05) is 30.6 Å². The van der Waals surface area contributed by atoms with E-state index in [1.807, 2.05) is 6.07 Å². The highest BCUT2D eigenvalue weighted by Gasteiger charge is 2.31. The van der Waals surface area contributed by atoms with Crippen LogP contribution in [0, 0.1) is 24.2 Å². The molecule has 0 radical (unpaired) electrons. The second-order valence-electron chi connectivity index (χ2n) is 7.43. The molecule has 0 aliphatic carbocycles. The lowest BCUT2D eigenvalue weighted by molar-refractivity contribution is -0.137. The van der Waals surface area contributed by atoms with Gasteiger partial charge in [-0.15, -0.1) is 0 Å². The van der Waals surface area contributed by atoms with Gasteiger partial charge in [0.1, 0.15) is 5.82 Å². The first kappa shape index (κ1) is 22.3. The number of aryl methyl sites for hydroxylation is 2. The van der Waals surface area contributed by atoms with Crippen molar-refractivity contribution in [3.63, 3.8) is 0 Å². The number of halogens is 3. The van der Waals surface area contributed by atoms with E-state index in [0.717, 1.165) is 17.8 Å². The molecule has 1 aliphatic rings. The van der Waals surface area contributed by atoms with Crippen LogP contribution in [-0.2, 0) is 17.5 Å². The lowest BCUT2D eigenvalue weighted by Crippen LogP contribution is -2.41. The molecule has 0 bridgehead atoms. The van der Waals surface area contributed by atoms with E-state index in [0.29, 0.717) is 38.3 Å². The largest absolute Gasteiger partial charge is 0.416 e. The Morgan fingerprint density at radius 3 is 2.45 bits per heavy atom. The summed E-state index contributed by atoms with van der Waals surface area (Å²) in [5.74, 6) is -0.296. The number of nitrogens with zero attached hydrogens (tertiary/aromatic N) is 4. The van der Waals surface area contributed by atoms with Crippen molar-refractivity contribution >= 4 is 17.6 Å². The zero-order valence-electron chi connectivity index (χ0n) is 16.9. The fraction of sp³-hybridized carbons (Fsp3) is 0.429. The van der Waals surface area contributed by atoms with Gasteiger partial charge in [0.05, 0.1) is 30.3 Å². The molecule has 31 heavy (non-hydrogen) atoms. The Bertz CT molecular complexity index is 984. The molecule has 1 saturated heterocycles. The molecular weight excluding hydrogens is 411 g/mol. The smallest absolute Gasteiger partial charge is 0.339 e. The Labute approximate surface area is 177 Å². The molecule has 1 fully saturated rings. The third-order valence-electron chi connectivity index (χ3n) is 5.20. The van der Waals surface area contributed by atoms with Crippen molar-refractivity contribution in [1.29, 1.82) is 5.26 Å². The summed E-state index contributed by atoms with van der Waals surface area (Å²) in [5.41, 5.74) is 0.113. The predicted molar refractivity (Wildman–Crippen MR) is 106 cm³/mol. The maximum absolute atomic E-state index is 12.7. The zero-order valence-corrected chi connectivity index (χ0v) is 16.9. The number of alkyl halides is 3. The molecule has 0 unspecified atom stereocenters. The quantitative estimate of drug-likeness (QED) is 0.780. The number of likely N-dealkylation sites (tertiary alicyclic amines) is 1. The van der Waals surface area contributed by atoms with Gasteiger partial charge in [0.2, 0.25) is 5.91 Å². The number of nitrogens with one attached hydrogen (secondary N) is 1. The number of amides is 2. The van der Waals surface area contributed by atoms with Crippen molar-refractivity contribution < 1.29 is 22.8 Å². The van der Waals surface area contributed by atoms with Crippen LogP contribution in [0.25, 0.3) is 0 Å². The minimum Gasteiger partial charge on any atom is -0.339 e. The lowest BCUT2D eigenvalue weighted by atomic mass is 9.95. The van der Waals surface area contributed by atoms with Crippen LogP contribution in [0.15, 0.2) is 30.3 Å². The number of aromatic nitrogens is 2. The predicted octanol–water partition coefficient (Wildman–Crippen LogP) is 3.61. The highest BCUT2D eigenvalue weighted by molar-refractivity contribution is 5.95. The van der Waals surface area contributed by atoms with E-state index in [2.05, 4.69) is 10.4 Å². The topological polar surface area (TPSA) is 91.0 Å². The van der Waals surface area contributed by atoms with Gasteiger partial charge in [-0.3, -0.25) is 9.59 Å². The standard InChI is InChI=1S/C21H22F3N5O2/c1-14-13-18(29(27-14)10-2-9-25)26-19(30)15-7-11-28(12-8-15)20(31)16-3-5-17(6-4-16)21(22,23)24/h3-6,13,15H,2,7-8,10-12H2,1H3,(H,26,30). The lowest BCUT2D eigenvalue weighted by Gasteiger charge is -2.31. The van der Waals surface area contributed by atoms with Gasteiger partial charge in [-0.05, 0) is 44.0 Å². The minimum atomic E-state index is -4.45. The average Bonchev–Trinajstić information content (AvgIpc) is 3.10. The first-order valence-electron chi connectivity index (χ1n) is 9.88. The van der Waals surface area contributed by atoms with E-state index in [4.69, 9.17) is 5.26 Å². The number of piperidine rings is 1. The molecular formula is C21H22F3N5O2. The van der Waals surface area contributed by atoms with Gasteiger partial charge in [0.25, 0.3) is 5.91 Å². The van der Waals surface area contributed by atoms with Crippen molar-refractivity contribution in [1.82, 2.24) is 14.7 Å². The number of rotatable bonds is 5. The number of benzene rings is 1. The molecule has 0 saturated carbocycles. The van der Waals surface area contributed by atoms with Gasteiger partial charge < -0.3 is 10.2 Å². The van der Waals surface area contributed by atoms with Crippen LogP contribution in [0.2, 0.25) is 0 Å². The van der Waals surface area contributed by atoms with Crippen LogP contribution in [-0.4, -0.2) is 39.6 Å². The molecule has 1 aliphatic heterocycles. The van der Waals surface area contributed by atoms with E-state index in [9.17, 15) is 22.8 Å². The summed E-state index contributed by atoms with van der Waals surface area (Å²) < 4.78 is 39.6. The maximum atomic E-state index is 12.7. The second-order valence-corrected chi connectivity index (χ2v) is 7.43. The number of anilines is 1. The highest BCUT2D eigenvalue weighted by atomic mass is 19.4. The van der Waals surface area contributed by atoms with Crippen molar-refractivity contribution in [2.45, 2.75) is 38.9 Å². The fourth-order valence-electron chi connectivity index (χ4n) is 3.53. The first-order valence-corrected chi connectivity index (χ1v) is 9.88. The van der Waals surface area contributed by atoms with Gasteiger partial charge >= 0.3 is 6.18 Å². The molecule has 7 nitrogen and oxygen atoms in total. The Morgan fingerprint density at radius 2 is 1.87 bits per heavy atom. The molecule has 1 N–H and O–H groups in total. The SMILES string of the molecule is Cc1cc(NC(=O)C2CCN(C(=O)c3ccc(C(F)(F)F)cc3)CC2)n(CCC#N)n1. The van der Waals surface area contributed by atoms with Gasteiger partial charge in [-0.1, -0.05) is 0 Å². The molecule has 2 aromatic rings. The molecule has 3 rings (SSSR count). The Kier molecular flexibility index (Phi) is 6.63. The molecule has 1 aromatic carbocycles. The number of carbonyl (C=O) groups is 2. The molecule has 0 atom stereocenters. The summed E-state index contributed by atoms with van der Waals surface area (Å²) in [6.07, 6.45) is -3.28. The second kappa shape index (κ2) is 9.20. The van der Waals surface area contributed by atoms with E-state index in [1.54, 1.807) is 22.6 Å². The van der Waals surface area contributed by atoms with Gasteiger partial charge in [-0.25, -0.2) is 4.68 Å². The van der Waals surface area contributed by atoms with E-state index in [-0.39, 0.29) is 29.7 Å². The highest BCUT2D eigenvalue weighted by Crippen LogP contribution is 2.29. The number of carbonyl (C=O) groups excluding carboxylic acids is 2. The number of hydrogen-bond donors (Lipinski definition) is 1. The molecule has 164 valence electrons. The van der Waals surface area contributed by atoms with Crippen LogP contribution in [0.1, 0.15) is 40.9 Å². The molecule has 2 heterocycles. The Hall–Kier alpha value is -3.35. The number of nitriles is 1. The fourth-order valence-corrected chi connectivity index (χ4v) is 3.53. The van der Waals surface area contributed by atoms with E-state index >= 15 is 0 Å².